The van der Waals surface area contributed by atoms with Gasteiger partial charge < -0.3 is 19.1 Å². The lowest BCUT2D eigenvalue weighted by Gasteiger charge is -2.28. The van der Waals surface area contributed by atoms with Gasteiger partial charge in [-0.1, -0.05) is 12.1 Å². The molecule has 1 unspecified atom stereocenters. The van der Waals surface area contributed by atoms with Crippen LogP contribution in [0.5, 0.6) is 11.5 Å². The highest BCUT2D eigenvalue weighted by Gasteiger charge is 2.50. The van der Waals surface area contributed by atoms with Crippen molar-refractivity contribution in [2.45, 2.75) is 31.2 Å². The summed E-state index contributed by atoms with van der Waals surface area (Å²) < 4.78 is 70.4. The molecular weight excluding hydrogens is 454 g/mol. The van der Waals surface area contributed by atoms with Gasteiger partial charge >= 0.3 is 13.5 Å². The third-order valence-electron chi connectivity index (χ3n) is 4.68. The third-order valence-corrected chi connectivity index (χ3v) is 5.84. The van der Waals surface area contributed by atoms with E-state index in [1.54, 1.807) is 17.1 Å². The second-order valence-electron chi connectivity index (χ2n) is 6.83. The maximum Gasteiger partial charge on any atom is 0.530 e. The number of ether oxygens (including phenoxy) is 2. The average Bonchev–Trinajstić information content (AvgIpc) is 3.08. The summed E-state index contributed by atoms with van der Waals surface area (Å²) in [6.45, 7) is -3.86. The fourth-order valence-electron chi connectivity index (χ4n) is 3.16. The normalized spacial score (nSPS) is 30.6. The highest BCUT2D eigenvalue weighted by Crippen LogP contribution is 2.57. The second kappa shape index (κ2) is 8.26. The number of fused-ring (bicyclic) bond motifs is 1. The van der Waals surface area contributed by atoms with Gasteiger partial charge in [-0.15, -0.1) is 0 Å². The Balaban J connectivity index is 1.61. The van der Waals surface area contributed by atoms with Crippen molar-refractivity contribution in [2.24, 2.45) is 0 Å². The summed E-state index contributed by atoms with van der Waals surface area (Å²) in [5.74, 6) is -3.36. The average molecular weight is 474 g/mol. The molecule has 0 saturated carbocycles. The number of alkyl halides is 1. The first-order valence-corrected chi connectivity index (χ1v) is 10.5. The molecule has 0 spiro atoms. The number of para-hydroxylation sites is 1. The minimum Gasteiger partial charge on any atom is -0.493 e. The largest absolute Gasteiger partial charge is 0.530 e. The van der Waals surface area contributed by atoms with E-state index in [0.717, 1.165) is 6.20 Å². The molecule has 0 amide bonds. The number of aliphatic hydroxyl groups excluding tert-OH is 1. The molecule has 2 aliphatic rings. The van der Waals surface area contributed by atoms with E-state index in [0.29, 0.717) is 10.1 Å². The first-order valence-electron chi connectivity index (χ1n) is 10.1. The lowest BCUT2D eigenvalue weighted by atomic mass is 10.2. The number of nitrogens with zero attached hydrogens (tertiary/aromatic N) is 1. The van der Waals surface area contributed by atoms with E-state index in [9.17, 15) is 24.1 Å². The molecule has 3 heterocycles. The van der Waals surface area contributed by atoms with E-state index >= 15 is 4.39 Å². The number of aromatic amines is 1. The number of carbonyl (C=O) groups is 1. The van der Waals surface area contributed by atoms with Gasteiger partial charge in [-0.25, -0.2) is 13.8 Å². The molecule has 1 fully saturated rings. The Kier molecular flexibility index (Phi) is 5.12. The number of benzene rings is 1. The molecule has 2 N–H and O–H groups in total. The van der Waals surface area contributed by atoms with Crippen LogP contribution in [0.4, 0.5) is 4.39 Å². The van der Waals surface area contributed by atoms with Crippen molar-refractivity contribution in [1.29, 1.82) is 0 Å². The molecule has 4 atom stereocenters. The zero-order valence-corrected chi connectivity index (χ0v) is 17.2. The van der Waals surface area contributed by atoms with Crippen LogP contribution in [0.2, 0.25) is 0 Å². The van der Waals surface area contributed by atoms with Crippen molar-refractivity contribution in [2.75, 3.05) is 13.7 Å². The molecule has 32 heavy (non-hydrogen) atoms. The van der Waals surface area contributed by atoms with Crippen LogP contribution in [0.1, 0.15) is 31.3 Å². The lowest BCUT2D eigenvalue weighted by molar-refractivity contribution is -0.179. The summed E-state index contributed by atoms with van der Waals surface area (Å²) in [7, 11) is -3.44. The number of aromatic nitrogens is 2. The molecule has 14 heteroatoms. The van der Waals surface area contributed by atoms with Gasteiger partial charge in [0.15, 0.2) is 24.0 Å². The van der Waals surface area contributed by atoms with Gasteiger partial charge in [-0.3, -0.25) is 28.2 Å². The van der Waals surface area contributed by atoms with Crippen molar-refractivity contribution in [3.63, 3.8) is 0 Å². The first kappa shape index (κ1) is 19.8. The summed E-state index contributed by atoms with van der Waals surface area (Å²) in [6, 6.07) is 4.67. The molecule has 0 aliphatic carbocycles. The number of nitrogens with one attached hydrogen (secondary N) is 1. The Morgan fingerprint density at radius 3 is 3.00 bits per heavy atom. The van der Waals surface area contributed by atoms with Crippen molar-refractivity contribution >= 4 is 14.1 Å². The number of methoxy groups -OCH3 is 1. The number of H-pyrrole nitrogens is 1. The maximum absolute atomic E-state index is 15.6. The molecular formula is C18H18FN2O10P. The van der Waals surface area contributed by atoms with Crippen LogP contribution in [0.3, 0.4) is 0 Å². The quantitative estimate of drug-likeness (QED) is 0.458. The molecule has 0 bridgehead atoms. The summed E-state index contributed by atoms with van der Waals surface area (Å²) in [6.07, 6.45) is -3.92. The van der Waals surface area contributed by atoms with Gasteiger partial charge in [0.05, 0.1) is 22.0 Å². The van der Waals surface area contributed by atoms with E-state index in [-0.39, 0.29) is 24.4 Å². The standard InChI is InChI=1S/C18H18FN2O10P/c1-27-13-4-2-3-10-8-28-32(26,31-14(10)13)29-9-18(19)5-12(23)16(30-18)21-6-11(7-22)15(24)20-17(21)25/h2-4,6-7,12,16,23H,5,8-9H2,1H3,(H,20,24,25)/t12-,16-,18+,32?/m1/s1/i9D2. The summed E-state index contributed by atoms with van der Waals surface area (Å²) >= 11 is 0. The predicted octanol–water partition coefficient (Wildman–Crippen LogP) is 1.04. The van der Waals surface area contributed by atoms with Crippen molar-refractivity contribution in [1.82, 2.24) is 9.55 Å². The Morgan fingerprint density at radius 1 is 1.50 bits per heavy atom. The predicted molar refractivity (Wildman–Crippen MR) is 103 cm³/mol. The number of hydrogen-bond acceptors (Lipinski definition) is 10. The van der Waals surface area contributed by atoms with Gasteiger partial charge in [0.25, 0.3) is 5.56 Å². The number of rotatable bonds is 6. The van der Waals surface area contributed by atoms with Crippen LogP contribution < -0.4 is 20.5 Å². The summed E-state index contributed by atoms with van der Waals surface area (Å²) in [4.78, 5) is 36.5. The molecule has 2 aliphatic heterocycles. The zero-order valence-electron chi connectivity index (χ0n) is 18.3. The first-order chi connectivity index (χ1) is 15.9. The van der Waals surface area contributed by atoms with Gasteiger partial charge in [0.2, 0.25) is 5.85 Å². The highest BCUT2D eigenvalue weighted by molar-refractivity contribution is 7.49. The fraction of sp³-hybridized carbons (Fsp3) is 0.389. The van der Waals surface area contributed by atoms with E-state index in [4.69, 9.17) is 25.8 Å². The Hall–Kier alpha value is -2.83. The number of phosphoric acid groups is 1. The number of halogens is 1. The van der Waals surface area contributed by atoms with Crippen LogP contribution >= 0.6 is 7.82 Å². The van der Waals surface area contributed by atoms with E-state index in [1.165, 1.54) is 13.2 Å². The van der Waals surface area contributed by atoms with E-state index < -0.39 is 55.8 Å². The van der Waals surface area contributed by atoms with Crippen LogP contribution in [0.15, 0.2) is 34.0 Å². The second-order valence-corrected chi connectivity index (χ2v) is 8.35. The van der Waals surface area contributed by atoms with Crippen molar-refractivity contribution in [3.8, 4) is 11.5 Å². The van der Waals surface area contributed by atoms with Crippen LogP contribution in [0.25, 0.3) is 0 Å². The molecule has 2 aromatic rings. The van der Waals surface area contributed by atoms with E-state index in [1.807, 2.05) is 0 Å². The Labute approximate surface area is 181 Å². The fourth-order valence-corrected chi connectivity index (χ4v) is 4.28. The summed E-state index contributed by atoms with van der Waals surface area (Å²) in [5.41, 5.74) is -2.27. The monoisotopic (exact) mass is 474 g/mol. The van der Waals surface area contributed by atoms with Gasteiger partial charge in [-0.05, 0) is 6.07 Å². The molecule has 1 saturated heterocycles. The Morgan fingerprint density at radius 2 is 2.28 bits per heavy atom. The van der Waals surface area contributed by atoms with E-state index in [2.05, 4.69) is 0 Å². The molecule has 0 radical (unpaired) electrons. The number of hydrogen-bond donors (Lipinski definition) is 2. The highest BCUT2D eigenvalue weighted by atomic mass is 31.2. The molecule has 4 rings (SSSR count). The maximum atomic E-state index is 15.6. The Bertz CT molecular complexity index is 1290. The SMILES string of the molecule is [2H]C([2H])(OP1(=O)OCc2cccc(OC)c2O1)[C@]1(F)C[C@@H](O)[C@H](n2cc(C=O)c(=O)[nH]c2=O)O1. The smallest absolute Gasteiger partial charge is 0.493 e. The number of aliphatic hydroxyl groups is 1. The number of carbonyl (C=O) groups excluding carboxylic acids is 1. The topological polar surface area (TPSA) is 155 Å². The number of phosphoric ester groups is 1. The van der Waals surface area contributed by atoms with Gasteiger partial charge in [0, 0.05) is 18.2 Å². The van der Waals surface area contributed by atoms with Crippen LogP contribution in [0, 0.1) is 0 Å². The minimum absolute atomic E-state index is 0.0465. The lowest BCUT2D eigenvalue weighted by Crippen LogP contribution is -2.37. The van der Waals surface area contributed by atoms with Crippen molar-refractivity contribution < 1.29 is 44.6 Å². The molecule has 1 aromatic heterocycles. The van der Waals surface area contributed by atoms with Crippen LogP contribution in [-0.2, 0) is 25.0 Å². The van der Waals surface area contributed by atoms with Gasteiger partial charge in [0.1, 0.15) is 12.7 Å². The zero-order chi connectivity index (χ0) is 24.9. The molecule has 1 aromatic carbocycles. The summed E-state index contributed by atoms with van der Waals surface area (Å²) in [5, 5.41) is 10.3. The minimum atomic E-state index is -4.76. The number of aldehydes is 1. The van der Waals surface area contributed by atoms with Gasteiger partial charge in [-0.2, -0.15) is 0 Å². The van der Waals surface area contributed by atoms with Crippen molar-refractivity contribution in [3.05, 3.63) is 56.4 Å². The third kappa shape index (κ3) is 4.12. The molecule has 12 nitrogen and oxygen atoms in total. The molecule has 172 valence electrons. The van der Waals surface area contributed by atoms with Crippen LogP contribution in [-0.4, -0.2) is 46.6 Å².